The number of carbonyl (C=O) groups is 1. The van der Waals surface area contributed by atoms with Crippen LogP contribution in [-0.4, -0.2) is 21.0 Å². The number of rotatable bonds is 4. The quantitative estimate of drug-likeness (QED) is 0.924. The molecule has 1 aromatic carbocycles. The first-order valence-electron chi connectivity index (χ1n) is 6.88. The third-order valence-electron chi connectivity index (χ3n) is 3.63. The van der Waals surface area contributed by atoms with Gasteiger partial charge in [-0.25, -0.2) is 14.8 Å². The van der Waals surface area contributed by atoms with Crippen molar-refractivity contribution in [1.82, 2.24) is 9.97 Å². The first-order valence-corrected chi connectivity index (χ1v) is 6.88. The largest absolute Gasteiger partial charge is 0.478 e. The molecule has 0 bridgehead atoms. The number of aromatic carboxylic acids is 1. The Hall–Kier alpha value is -2.23. The molecule has 0 saturated heterocycles. The van der Waals surface area contributed by atoms with Crippen molar-refractivity contribution in [1.29, 1.82) is 0 Å². The summed E-state index contributed by atoms with van der Waals surface area (Å²) in [6.45, 7) is 2.11. The van der Waals surface area contributed by atoms with Crippen LogP contribution in [0.3, 0.4) is 0 Å². The van der Waals surface area contributed by atoms with Gasteiger partial charge in [0.1, 0.15) is 0 Å². The Morgan fingerprint density at radius 2 is 2.00 bits per heavy atom. The van der Waals surface area contributed by atoms with Gasteiger partial charge in [0, 0.05) is 17.7 Å². The maximum Gasteiger partial charge on any atom is 0.339 e. The molecule has 20 heavy (non-hydrogen) atoms. The molecule has 1 fully saturated rings. The Bertz CT molecular complexity index is 646. The van der Waals surface area contributed by atoms with Crippen LogP contribution in [0.25, 0.3) is 11.4 Å². The third kappa shape index (κ3) is 2.41. The second kappa shape index (κ2) is 5.04. The van der Waals surface area contributed by atoms with Crippen molar-refractivity contribution < 1.29 is 9.90 Å². The summed E-state index contributed by atoms with van der Waals surface area (Å²) in [5.74, 6) is -0.0444. The molecule has 0 aliphatic heterocycles. The molecule has 102 valence electrons. The first-order chi connectivity index (χ1) is 9.69. The molecule has 1 aliphatic carbocycles. The molecule has 1 aliphatic rings. The summed E-state index contributed by atoms with van der Waals surface area (Å²) in [5.41, 5.74) is 3.11. The molecule has 4 heteroatoms. The van der Waals surface area contributed by atoms with Crippen molar-refractivity contribution in [3.8, 4) is 11.4 Å². The van der Waals surface area contributed by atoms with E-state index in [-0.39, 0.29) is 11.5 Å². The molecule has 1 heterocycles. The van der Waals surface area contributed by atoms with E-state index in [1.165, 1.54) is 11.8 Å². The maximum absolute atomic E-state index is 11.2. The predicted octanol–water partition coefficient (Wildman–Crippen LogP) is 3.28. The average molecular weight is 268 g/mol. The van der Waals surface area contributed by atoms with Crippen LogP contribution in [0, 0.1) is 0 Å². The minimum absolute atomic E-state index is 0.237. The summed E-state index contributed by atoms with van der Waals surface area (Å²) >= 11 is 0. The Balaban J connectivity index is 2.01. The lowest BCUT2D eigenvalue weighted by Crippen LogP contribution is -2.06. The fraction of sp³-hybridized carbons (Fsp3) is 0.312. The van der Waals surface area contributed by atoms with E-state index in [4.69, 9.17) is 0 Å². The van der Waals surface area contributed by atoms with Gasteiger partial charge in [-0.3, -0.25) is 0 Å². The van der Waals surface area contributed by atoms with E-state index < -0.39 is 5.97 Å². The van der Waals surface area contributed by atoms with Crippen LogP contribution < -0.4 is 0 Å². The van der Waals surface area contributed by atoms with E-state index >= 15 is 0 Å². The van der Waals surface area contributed by atoms with Crippen LogP contribution in [0.1, 0.15) is 47.3 Å². The highest BCUT2D eigenvalue weighted by molar-refractivity contribution is 5.89. The van der Waals surface area contributed by atoms with E-state index in [0.29, 0.717) is 11.5 Å². The van der Waals surface area contributed by atoms with Gasteiger partial charge in [0.05, 0.1) is 11.3 Å². The Morgan fingerprint density at radius 3 is 2.55 bits per heavy atom. The average Bonchev–Trinajstić information content (AvgIpc) is 3.31. The van der Waals surface area contributed by atoms with E-state index in [2.05, 4.69) is 29.0 Å². The van der Waals surface area contributed by atoms with Crippen LogP contribution in [0.5, 0.6) is 0 Å². The molecular formula is C16H16N2O2. The SMILES string of the molecule is CCc1ccc(-c2ncc(C(=O)O)c(C3CC3)n2)cc1. The summed E-state index contributed by atoms with van der Waals surface area (Å²) in [5, 5.41) is 9.19. The molecule has 0 unspecified atom stereocenters. The van der Waals surface area contributed by atoms with Crippen LogP contribution in [0.2, 0.25) is 0 Å². The van der Waals surface area contributed by atoms with Crippen molar-refractivity contribution in [3.05, 3.63) is 47.3 Å². The molecule has 0 radical (unpaired) electrons. The molecule has 1 N–H and O–H groups in total. The van der Waals surface area contributed by atoms with Gasteiger partial charge in [-0.2, -0.15) is 0 Å². The van der Waals surface area contributed by atoms with Crippen molar-refractivity contribution >= 4 is 5.97 Å². The van der Waals surface area contributed by atoms with Crippen molar-refractivity contribution in [3.63, 3.8) is 0 Å². The highest BCUT2D eigenvalue weighted by Gasteiger charge is 2.30. The van der Waals surface area contributed by atoms with Gasteiger partial charge < -0.3 is 5.11 Å². The van der Waals surface area contributed by atoms with Gasteiger partial charge in [-0.15, -0.1) is 0 Å². The van der Waals surface area contributed by atoms with E-state index in [9.17, 15) is 9.90 Å². The van der Waals surface area contributed by atoms with Crippen LogP contribution >= 0.6 is 0 Å². The summed E-state index contributed by atoms with van der Waals surface area (Å²) in [4.78, 5) is 19.9. The molecule has 1 saturated carbocycles. The molecule has 0 amide bonds. The van der Waals surface area contributed by atoms with E-state index in [1.807, 2.05) is 12.1 Å². The molecule has 1 aromatic heterocycles. The van der Waals surface area contributed by atoms with E-state index in [0.717, 1.165) is 24.8 Å². The minimum atomic E-state index is -0.945. The van der Waals surface area contributed by atoms with Crippen molar-refractivity contribution in [2.45, 2.75) is 32.1 Å². The molecule has 0 spiro atoms. The number of nitrogens with zero attached hydrogens (tertiary/aromatic N) is 2. The van der Waals surface area contributed by atoms with Gasteiger partial charge in [-0.1, -0.05) is 31.2 Å². The van der Waals surface area contributed by atoms with E-state index in [1.54, 1.807) is 0 Å². The number of carboxylic acid groups (broad SMARTS) is 1. The lowest BCUT2D eigenvalue weighted by atomic mass is 10.1. The van der Waals surface area contributed by atoms with Crippen LogP contribution in [0.15, 0.2) is 30.5 Å². The summed E-state index contributed by atoms with van der Waals surface area (Å²) in [6.07, 6.45) is 4.47. The maximum atomic E-state index is 11.2. The lowest BCUT2D eigenvalue weighted by molar-refractivity contribution is 0.0694. The third-order valence-corrected chi connectivity index (χ3v) is 3.63. The highest BCUT2D eigenvalue weighted by atomic mass is 16.4. The normalized spacial score (nSPS) is 14.2. The number of carboxylic acids is 1. The summed E-state index contributed by atoms with van der Waals surface area (Å²) in [6, 6.07) is 8.10. The van der Waals surface area contributed by atoms with Crippen LogP contribution in [0.4, 0.5) is 0 Å². The van der Waals surface area contributed by atoms with Crippen molar-refractivity contribution in [2.24, 2.45) is 0 Å². The van der Waals surface area contributed by atoms with Gasteiger partial charge in [0.2, 0.25) is 0 Å². The first kappa shape index (κ1) is 12.8. The second-order valence-corrected chi connectivity index (χ2v) is 5.12. The Kier molecular flexibility index (Phi) is 3.22. The van der Waals surface area contributed by atoms with Gasteiger partial charge in [0.15, 0.2) is 5.82 Å². The van der Waals surface area contributed by atoms with Gasteiger partial charge >= 0.3 is 5.97 Å². The van der Waals surface area contributed by atoms with Gasteiger partial charge in [-0.05, 0) is 24.8 Å². The zero-order valence-corrected chi connectivity index (χ0v) is 11.3. The Morgan fingerprint density at radius 1 is 1.30 bits per heavy atom. The standard InChI is InChI=1S/C16H16N2O2/c1-2-10-3-5-12(6-4-10)15-17-9-13(16(19)20)14(18-15)11-7-8-11/h3-6,9,11H,2,7-8H2,1H3,(H,19,20). The molecule has 0 atom stereocenters. The smallest absolute Gasteiger partial charge is 0.339 e. The fourth-order valence-electron chi connectivity index (χ4n) is 2.26. The highest BCUT2D eigenvalue weighted by Crippen LogP contribution is 2.41. The predicted molar refractivity (Wildman–Crippen MR) is 75.8 cm³/mol. The summed E-state index contributed by atoms with van der Waals surface area (Å²) < 4.78 is 0. The molecule has 2 aromatic rings. The minimum Gasteiger partial charge on any atom is -0.478 e. The van der Waals surface area contributed by atoms with Crippen LogP contribution in [-0.2, 0) is 6.42 Å². The van der Waals surface area contributed by atoms with Crippen molar-refractivity contribution in [2.75, 3.05) is 0 Å². The topological polar surface area (TPSA) is 63.1 Å². The second-order valence-electron chi connectivity index (χ2n) is 5.12. The molecule has 4 nitrogen and oxygen atoms in total. The zero-order chi connectivity index (χ0) is 14.1. The summed E-state index contributed by atoms with van der Waals surface area (Å²) in [7, 11) is 0. The van der Waals surface area contributed by atoms with Gasteiger partial charge in [0.25, 0.3) is 0 Å². The molecule has 3 rings (SSSR count). The zero-order valence-electron chi connectivity index (χ0n) is 11.3. The lowest BCUT2D eigenvalue weighted by Gasteiger charge is -2.07. The number of hydrogen-bond acceptors (Lipinski definition) is 3. The number of aromatic nitrogens is 2. The Labute approximate surface area is 117 Å². The number of aryl methyl sites for hydroxylation is 1. The molecular weight excluding hydrogens is 252 g/mol. The number of hydrogen-bond donors (Lipinski definition) is 1. The monoisotopic (exact) mass is 268 g/mol. The fourth-order valence-corrected chi connectivity index (χ4v) is 2.26. The number of benzene rings is 1.